The molecule has 3 aliphatic heterocycles. The summed E-state index contributed by atoms with van der Waals surface area (Å²) in [5.41, 5.74) is 3.07. The molecule has 4 heterocycles. The van der Waals surface area contributed by atoms with Crippen molar-refractivity contribution in [2.45, 2.75) is 18.2 Å². The number of carbonyl (C=O) groups is 2. The van der Waals surface area contributed by atoms with Gasteiger partial charge in [0.25, 0.3) is 0 Å². The van der Waals surface area contributed by atoms with Crippen LogP contribution in [0.4, 0.5) is 15.3 Å². The summed E-state index contributed by atoms with van der Waals surface area (Å²) in [4.78, 5) is 31.2. The zero-order chi connectivity index (χ0) is 20.1. The Bertz CT molecular complexity index is 979. The van der Waals surface area contributed by atoms with Gasteiger partial charge in [0.05, 0.1) is 24.5 Å². The smallest absolute Gasteiger partial charge is 0.415 e. The minimum atomic E-state index is -0.587. The minimum absolute atomic E-state index is 0.242. The second-order valence-electron chi connectivity index (χ2n) is 7.26. The van der Waals surface area contributed by atoms with Crippen molar-refractivity contribution in [2.24, 2.45) is 0 Å². The van der Waals surface area contributed by atoms with Gasteiger partial charge in [0, 0.05) is 18.8 Å². The second-order valence-corrected chi connectivity index (χ2v) is 7.26. The zero-order valence-electron chi connectivity index (χ0n) is 15.6. The molecule has 3 atom stereocenters. The topological polar surface area (TPSA) is 101 Å². The number of hydrogen-bond acceptors (Lipinski definition) is 7. The summed E-state index contributed by atoms with van der Waals surface area (Å²) in [6, 6.07) is 8.95. The summed E-state index contributed by atoms with van der Waals surface area (Å²) in [7, 11) is 1.69. The summed E-state index contributed by atoms with van der Waals surface area (Å²) in [6.45, 7) is 0.485. The first kappa shape index (κ1) is 17.7. The van der Waals surface area contributed by atoms with Crippen molar-refractivity contribution in [3.8, 4) is 16.9 Å². The predicted molar refractivity (Wildman–Crippen MR) is 101 cm³/mol. The number of aromatic nitrogens is 1. The van der Waals surface area contributed by atoms with Crippen LogP contribution in [0.1, 0.15) is 11.8 Å². The van der Waals surface area contributed by atoms with Crippen LogP contribution in [0, 0.1) is 0 Å². The minimum Gasteiger partial charge on any atom is -0.489 e. The van der Waals surface area contributed by atoms with Crippen LogP contribution in [-0.4, -0.2) is 66.1 Å². The second kappa shape index (κ2) is 6.63. The van der Waals surface area contributed by atoms with Crippen molar-refractivity contribution in [3.05, 3.63) is 42.2 Å². The summed E-state index contributed by atoms with van der Waals surface area (Å²) in [5.74, 6) is 0.574. The van der Waals surface area contributed by atoms with Crippen LogP contribution in [0.5, 0.6) is 5.75 Å². The Morgan fingerprint density at radius 3 is 2.66 bits per heavy atom. The SMILES string of the molecule is CN1CC(c2ccc(-c3ccc4c(c3)OC[C@H]3[C@H](CO)OC(=O)N43)cn2)OC1=O. The van der Waals surface area contributed by atoms with Crippen LogP contribution in [0.15, 0.2) is 36.5 Å². The Kier molecular flexibility index (Phi) is 4.06. The first-order valence-electron chi connectivity index (χ1n) is 9.31. The summed E-state index contributed by atoms with van der Waals surface area (Å²) < 4.78 is 16.3. The van der Waals surface area contributed by atoms with Crippen molar-refractivity contribution in [1.82, 2.24) is 9.88 Å². The molecule has 1 unspecified atom stereocenters. The first-order chi connectivity index (χ1) is 14.0. The lowest BCUT2D eigenvalue weighted by Crippen LogP contribution is -2.45. The number of ether oxygens (including phenoxy) is 3. The maximum absolute atomic E-state index is 12.2. The Labute approximate surface area is 166 Å². The van der Waals surface area contributed by atoms with Gasteiger partial charge < -0.3 is 24.2 Å². The fraction of sp³-hybridized carbons (Fsp3) is 0.350. The highest BCUT2D eigenvalue weighted by Crippen LogP contribution is 2.41. The molecule has 1 aromatic carbocycles. The van der Waals surface area contributed by atoms with Crippen molar-refractivity contribution >= 4 is 17.9 Å². The van der Waals surface area contributed by atoms with Crippen LogP contribution in [0.3, 0.4) is 0 Å². The van der Waals surface area contributed by atoms with E-state index in [1.54, 1.807) is 19.3 Å². The molecule has 0 saturated carbocycles. The number of pyridine rings is 1. The lowest BCUT2D eigenvalue weighted by Gasteiger charge is -2.31. The van der Waals surface area contributed by atoms with E-state index in [1.165, 1.54) is 9.80 Å². The Morgan fingerprint density at radius 2 is 1.97 bits per heavy atom. The molecule has 9 heteroatoms. The molecule has 0 bridgehead atoms. The largest absolute Gasteiger partial charge is 0.489 e. The number of nitrogens with zero attached hydrogens (tertiary/aromatic N) is 3. The van der Waals surface area contributed by atoms with Gasteiger partial charge in [-0.3, -0.25) is 9.88 Å². The van der Waals surface area contributed by atoms with Gasteiger partial charge in [-0.25, -0.2) is 9.59 Å². The normalized spacial score (nSPS) is 25.2. The quantitative estimate of drug-likeness (QED) is 0.845. The van der Waals surface area contributed by atoms with Gasteiger partial charge in [0.15, 0.2) is 12.2 Å². The molecule has 2 fully saturated rings. The van der Waals surface area contributed by atoms with Crippen molar-refractivity contribution in [1.29, 1.82) is 0 Å². The van der Waals surface area contributed by atoms with E-state index in [9.17, 15) is 14.7 Å². The van der Waals surface area contributed by atoms with Crippen molar-refractivity contribution < 1.29 is 28.9 Å². The third-order valence-corrected chi connectivity index (χ3v) is 5.46. The van der Waals surface area contributed by atoms with Crippen molar-refractivity contribution in [3.63, 3.8) is 0 Å². The maximum Gasteiger partial charge on any atom is 0.415 e. The van der Waals surface area contributed by atoms with Gasteiger partial charge >= 0.3 is 12.2 Å². The van der Waals surface area contributed by atoms with E-state index in [-0.39, 0.29) is 31.5 Å². The van der Waals surface area contributed by atoms with E-state index in [2.05, 4.69) is 4.98 Å². The molecule has 0 spiro atoms. The Hall–Kier alpha value is -3.33. The van der Waals surface area contributed by atoms with Crippen LogP contribution in [-0.2, 0) is 9.47 Å². The molecule has 2 saturated heterocycles. The van der Waals surface area contributed by atoms with E-state index in [0.717, 1.165) is 11.1 Å². The van der Waals surface area contributed by atoms with Gasteiger partial charge in [-0.2, -0.15) is 0 Å². The van der Waals surface area contributed by atoms with Gasteiger partial charge in [-0.15, -0.1) is 0 Å². The van der Waals surface area contributed by atoms with E-state index in [0.29, 0.717) is 23.7 Å². The molecule has 150 valence electrons. The van der Waals surface area contributed by atoms with E-state index in [4.69, 9.17) is 14.2 Å². The van der Waals surface area contributed by atoms with E-state index >= 15 is 0 Å². The molecule has 3 aliphatic rings. The molecule has 2 aromatic rings. The van der Waals surface area contributed by atoms with Crippen LogP contribution < -0.4 is 9.64 Å². The number of benzene rings is 1. The van der Waals surface area contributed by atoms with Crippen LogP contribution in [0.25, 0.3) is 11.1 Å². The Balaban J connectivity index is 1.40. The number of aliphatic hydroxyl groups excluding tert-OH is 1. The number of anilines is 1. The molecular weight excluding hydrogens is 378 g/mol. The molecule has 1 aromatic heterocycles. The number of rotatable bonds is 3. The molecule has 0 aliphatic carbocycles. The highest BCUT2D eigenvalue weighted by molar-refractivity contribution is 5.94. The van der Waals surface area contributed by atoms with E-state index < -0.39 is 12.2 Å². The number of aliphatic hydroxyl groups is 1. The lowest BCUT2D eigenvalue weighted by atomic mass is 10.0. The van der Waals surface area contributed by atoms with Crippen LogP contribution >= 0.6 is 0 Å². The lowest BCUT2D eigenvalue weighted by molar-refractivity contribution is 0.0734. The maximum atomic E-state index is 12.2. The highest BCUT2D eigenvalue weighted by atomic mass is 16.6. The zero-order valence-corrected chi connectivity index (χ0v) is 15.6. The monoisotopic (exact) mass is 397 g/mol. The first-order valence-corrected chi connectivity index (χ1v) is 9.31. The number of hydrogen-bond donors (Lipinski definition) is 1. The third kappa shape index (κ3) is 2.85. The standard InChI is InChI=1S/C20H19N3O6/c1-22-8-17(28-19(22)25)13-4-2-12(7-21-13)11-3-5-14-16(6-11)27-10-15-18(9-24)29-20(26)23(14)15/h2-7,15,17-18,24H,8-10H2,1H3/t15-,17?,18-/m0/s1. The Morgan fingerprint density at radius 1 is 1.14 bits per heavy atom. The summed E-state index contributed by atoms with van der Waals surface area (Å²) in [6.07, 6.45) is -0.0639. The van der Waals surface area contributed by atoms with Crippen molar-refractivity contribution in [2.75, 3.05) is 31.7 Å². The molecule has 5 rings (SSSR count). The average Bonchev–Trinajstić information content (AvgIpc) is 3.26. The van der Waals surface area contributed by atoms with Crippen LogP contribution in [0.2, 0.25) is 0 Å². The summed E-state index contributed by atoms with van der Waals surface area (Å²) >= 11 is 0. The van der Waals surface area contributed by atoms with Gasteiger partial charge in [0.1, 0.15) is 18.4 Å². The predicted octanol–water partition coefficient (Wildman–Crippen LogP) is 1.95. The molecule has 1 N–H and O–H groups in total. The third-order valence-electron chi connectivity index (χ3n) is 5.46. The average molecular weight is 397 g/mol. The number of fused-ring (bicyclic) bond motifs is 3. The van der Waals surface area contributed by atoms with Gasteiger partial charge in [-0.1, -0.05) is 12.1 Å². The summed E-state index contributed by atoms with van der Waals surface area (Å²) in [5, 5.41) is 9.40. The molecule has 9 nitrogen and oxygen atoms in total. The molecular formula is C20H19N3O6. The fourth-order valence-electron chi connectivity index (χ4n) is 3.86. The highest BCUT2D eigenvalue weighted by Gasteiger charge is 2.46. The number of likely N-dealkylation sites (N-methyl/N-ethyl adjacent to an activating group) is 1. The van der Waals surface area contributed by atoms with Gasteiger partial charge in [0.2, 0.25) is 0 Å². The number of cyclic esters (lactones) is 2. The van der Waals surface area contributed by atoms with E-state index in [1.807, 2.05) is 24.3 Å². The molecule has 0 radical (unpaired) electrons. The number of carbonyl (C=O) groups excluding carboxylic acids is 2. The molecule has 2 amide bonds. The van der Waals surface area contributed by atoms with Gasteiger partial charge in [-0.05, 0) is 23.8 Å². The fourth-order valence-corrected chi connectivity index (χ4v) is 3.86. The molecule has 29 heavy (non-hydrogen) atoms. The number of amides is 2.